The van der Waals surface area contributed by atoms with Gasteiger partial charge < -0.3 is 10.0 Å². The normalized spacial score (nSPS) is 22.8. The Labute approximate surface area is 128 Å². The molecule has 1 N–H and O–H groups in total. The Morgan fingerprint density at radius 2 is 2.14 bits per heavy atom. The van der Waals surface area contributed by atoms with Gasteiger partial charge in [0, 0.05) is 19.3 Å². The van der Waals surface area contributed by atoms with Gasteiger partial charge in [0.2, 0.25) is 5.95 Å². The fourth-order valence-corrected chi connectivity index (χ4v) is 2.87. The number of amides is 1. The summed E-state index contributed by atoms with van der Waals surface area (Å²) in [6, 6.07) is 3.53. The summed E-state index contributed by atoms with van der Waals surface area (Å²) in [5.41, 5.74) is 0.415. The van der Waals surface area contributed by atoms with E-state index in [2.05, 4.69) is 4.98 Å². The molecule has 0 unspecified atom stereocenters. The Balaban J connectivity index is 1.90. The lowest BCUT2D eigenvalue weighted by Crippen LogP contribution is -2.34. The third-order valence-corrected chi connectivity index (χ3v) is 4.26. The van der Waals surface area contributed by atoms with E-state index in [1.807, 2.05) is 13.0 Å². The van der Waals surface area contributed by atoms with Gasteiger partial charge in [-0.3, -0.25) is 9.20 Å². The molecule has 6 heteroatoms. The van der Waals surface area contributed by atoms with Crippen molar-refractivity contribution in [3.63, 3.8) is 0 Å². The van der Waals surface area contributed by atoms with Gasteiger partial charge in [-0.1, -0.05) is 6.07 Å². The third kappa shape index (κ3) is 2.70. The maximum atomic E-state index is 14.5. The molecule has 22 heavy (non-hydrogen) atoms. The van der Waals surface area contributed by atoms with Crippen LogP contribution in [0.1, 0.15) is 42.2 Å². The quantitative estimate of drug-likeness (QED) is 0.878. The fourth-order valence-electron chi connectivity index (χ4n) is 2.87. The Kier molecular flexibility index (Phi) is 3.64. The first-order chi connectivity index (χ1) is 10.4. The molecule has 0 bridgehead atoms. The number of pyridine rings is 1. The number of aryl methyl sites for hydroxylation is 1. The van der Waals surface area contributed by atoms with Crippen molar-refractivity contribution >= 4 is 11.6 Å². The topological polar surface area (TPSA) is 57.8 Å². The summed E-state index contributed by atoms with van der Waals surface area (Å²) in [6.45, 7) is 4.56. The van der Waals surface area contributed by atoms with E-state index >= 15 is 0 Å². The van der Waals surface area contributed by atoms with Gasteiger partial charge in [0.05, 0.1) is 5.60 Å². The minimum atomic E-state index is -0.760. The first-order valence-electron chi connectivity index (χ1n) is 7.53. The Morgan fingerprint density at radius 1 is 1.36 bits per heavy atom. The van der Waals surface area contributed by atoms with Gasteiger partial charge in [0.25, 0.3) is 5.91 Å². The molecule has 3 rings (SSSR count). The smallest absolute Gasteiger partial charge is 0.277 e. The average Bonchev–Trinajstić information content (AvgIpc) is 2.66. The molecule has 1 atom stereocenters. The summed E-state index contributed by atoms with van der Waals surface area (Å²) in [4.78, 5) is 18.3. The van der Waals surface area contributed by atoms with E-state index < -0.39 is 17.5 Å². The molecule has 1 amide bonds. The molecule has 1 saturated heterocycles. The molecule has 0 saturated carbocycles. The number of fused-ring (bicyclic) bond motifs is 1. The van der Waals surface area contributed by atoms with Gasteiger partial charge in [-0.2, -0.15) is 4.39 Å². The van der Waals surface area contributed by atoms with Crippen LogP contribution in [0.3, 0.4) is 0 Å². The monoisotopic (exact) mass is 305 g/mol. The highest BCUT2D eigenvalue weighted by molar-refractivity contribution is 5.93. The van der Waals surface area contributed by atoms with Crippen LogP contribution in [-0.4, -0.2) is 44.0 Å². The first kappa shape index (κ1) is 15.0. The van der Waals surface area contributed by atoms with Crippen LogP contribution in [0.5, 0.6) is 0 Å². The average molecular weight is 305 g/mol. The number of aliphatic hydroxyl groups is 1. The first-order valence-corrected chi connectivity index (χ1v) is 7.53. The maximum Gasteiger partial charge on any atom is 0.277 e. The standard InChI is InChI=1S/C16H20FN3O2/c1-11-4-5-12-18-13(14(17)20(12)10-11)15(21)19-8-3-6-16(2,22)7-9-19/h4-5,10,22H,3,6-9H2,1-2H3/t16-/m0/s1. The largest absolute Gasteiger partial charge is 0.390 e. The lowest BCUT2D eigenvalue weighted by atomic mass is 9.98. The van der Waals surface area contributed by atoms with Crippen molar-refractivity contribution in [1.29, 1.82) is 0 Å². The van der Waals surface area contributed by atoms with Gasteiger partial charge in [-0.05, 0) is 44.7 Å². The minimum absolute atomic E-state index is 0.146. The predicted molar refractivity (Wildman–Crippen MR) is 80.3 cm³/mol. The van der Waals surface area contributed by atoms with E-state index in [9.17, 15) is 14.3 Å². The number of aromatic nitrogens is 2. The summed E-state index contributed by atoms with van der Waals surface area (Å²) < 4.78 is 15.8. The van der Waals surface area contributed by atoms with Crippen LogP contribution in [0.4, 0.5) is 4.39 Å². The van der Waals surface area contributed by atoms with Crippen molar-refractivity contribution in [2.75, 3.05) is 13.1 Å². The van der Waals surface area contributed by atoms with Crippen molar-refractivity contribution in [3.05, 3.63) is 35.5 Å². The SMILES string of the molecule is Cc1ccc2nc(C(=O)N3CCC[C@](C)(O)CC3)c(F)n2c1. The Hall–Kier alpha value is -1.95. The number of nitrogens with zero attached hydrogens (tertiary/aromatic N) is 3. The van der Waals surface area contributed by atoms with E-state index in [1.165, 1.54) is 4.40 Å². The molecule has 0 spiro atoms. The highest BCUT2D eigenvalue weighted by atomic mass is 19.1. The Bertz CT molecular complexity index is 723. The molecule has 5 nitrogen and oxygen atoms in total. The summed E-state index contributed by atoms with van der Waals surface area (Å²) in [5, 5.41) is 10.1. The van der Waals surface area contributed by atoms with Crippen LogP contribution in [-0.2, 0) is 0 Å². The molecule has 1 aliphatic heterocycles. The van der Waals surface area contributed by atoms with Crippen molar-refractivity contribution in [2.24, 2.45) is 0 Å². The molecule has 3 heterocycles. The van der Waals surface area contributed by atoms with Crippen LogP contribution in [0, 0.1) is 12.9 Å². The number of hydrogen-bond donors (Lipinski definition) is 1. The molecule has 2 aromatic heterocycles. The molecular weight excluding hydrogens is 285 g/mol. The van der Waals surface area contributed by atoms with Crippen LogP contribution in [0.15, 0.2) is 18.3 Å². The lowest BCUT2D eigenvalue weighted by molar-refractivity contribution is 0.0437. The zero-order chi connectivity index (χ0) is 15.9. The summed E-state index contributed by atoms with van der Waals surface area (Å²) in [6.07, 6.45) is 3.46. The number of carbonyl (C=O) groups is 1. The van der Waals surface area contributed by atoms with E-state index in [1.54, 1.807) is 24.1 Å². The maximum absolute atomic E-state index is 14.5. The minimum Gasteiger partial charge on any atom is -0.390 e. The number of halogens is 1. The fraction of sp³-hybridized carbons (Fsp3) is 0.500. The van der Waals surface area contributed by atoms with Crippen LogP contribution in [0.25, 0.3) is 5.65 Å². The van der Waals surface area contributed by atoms with Gasteiger partial charge in [-0.25, -0.2) is 4.98 Å². The van der Waals surface area contributed by atoms with Crippen LogP contribution >= 0.6 is 0 Å². The second-order valence-corrected chi connectivity index (χ2v) is 6.33. The van der Waals surface area contributed by atoms with Crippen molar-refractivity contribution in [2.45, 2.75) is 38.7 Å². The van der Waals surface area contributed by atoms with Gasteiger partial charge >= 0.3 is 0 Å². The molecule has 2 aromatic rings. The zero-order valence-corrected chi connectivity index (χ0v) is 12.8. The summed E-state index contributed by atoms with van der Waals surface area (Å²) in [7, 11) is 0. The highest BCUT2D eigenvalue weighted by Gasteiger charge is 2.30. The van der Waals surface area contributed by atoms with E-state index in [4.69, 9.17) is 0 Å². The molecule has 0 aromatic carbocycles. The summed E-state index contributed by atoms with van der Waals surface area (Å²) >= 11 is 0. The summed E-state index contributed by atoms with van der Waals surface area (Å²) in [5.74, 6) is -1.03. The lowest BCUT2D eigenvalue weighted by Gasteiger charge is -2.22. The van der Waals surface area contributed by atoms with Crippen molar-refractivity contribution in [3.8, 4) is 0 Å². The number of carbonyl (C=O) groups excluding carboxylic acids is 1. The number of likely N-dealkylation sites (tertiary alicyclic amines) is 1. The molecule has 118 valence electrons. The third-order valence-electron chi connectivity index (χ3n) is 4.26. The number of imidazole rings is 1. The van der Waals surface area contributed by atoms with E-state index in [-0.39, 0.29) is 5.69 Å². The molecule has 1 aliphatic rings. The van der Waals surface area contributed by atoms with Crippen LogP contribution < -0.4 is 0 Å². The van der Waals surface area contributed by atoms with Gasteiger partial charge in [-0.15, -0.1) is 0 Å². The van der Waals surface area contributed by atoms with Crippen molar-refractivity contribution in [1.82, 2.24) is 14.3 Å². The Morgan fingerprint density at radius 3 is 2.91 bits per heavy atom. The number of hydrogen-bond acceptors (Lipinski definition) is 3. The molecular formula is C16H20FN3O2. The number of rotatable bonds is 1. The molecule has 1 fully saturated rings. The zero-order valence-electron chi connectivity index (χ0n) is 12.8. The molecule has 0 aliphatic carbocycles. The van der Waals surface area contributed by atoms with Gasteiger partial charge in [0.1, 0.15) is 5.65 Å². The van der Waals surface area contributed by atoms with E-state index in [0.717, 1.165) is 5.56 Å². The van der Waals surface area contributed by atoms with E-state index in [0.29, 0.717) is 38.0 Å². The highest BCUT2D eigenvalue weighted by Crippen LogP contribution is 2.23. The van der Waals surface area contributed by atoms with Crippen molar-refractivity contribution < 1.29 is 14.3 Å². The molecule has 0 radical (unpaired) electrons. The second-order valence-electron chi connectivity index (χ2n) is 6.33. The van der Waals surface area contributed by atoms with Gasteiger partial charge in [0.15, 0.2) is 5.69 Å². The van der Waals surface area contributed by atoms with Crippen LogP contribution in [0.2, 0.25) is 0 Å². The predicted octanol–water partition coefficient (Wildman–Crippen LogP) is 2.16. The second kappa shape index (κ2) is 5.35.